The van der Waals surface area contributed by atoms with Crippen LogP contribution in [-0.4, -0.2) is 18.1 Å². The third-order valence-electron chi connectivity index (χ3n) is 3.00. The Morgan fingerprint density at radius 3 is 2.82 bits per heavy atom. The lowest BCUT2D eigenvalue weighted by molar-refractivity contribution is 0.144. The Labute approximate surface area is 128 Å². The quantitative estimate of drug-likeness (QED) is 0.907. The van der Waals surface area contributed by atoms with Crippen LogP contribution < -0.4 is 15.9 Å². The number of aromatic amines is 1. The van der Waals surface area contributed by atoms with Crippen LogP contribution in [0.15, 0.2) is 42.6 Å². The summed E-state index contributed by atoms with van der Waals surface area (Å²) in [5.74, 6) is 0. The number of hydrogen-bond donors (Lipinski definition) is 2. The maximum atomic E-state index is 11.9. The van der Waals surface area contributed by atoms with Crippen molar-refractivity contribution < 1.29 is 9.53 Å². The van der Waals surface area contributed by atoms with E-state index in [0.29, 0.717) is 5.70 Å². The maximum absolute atomic E-state index is 11.9. The predicted molar refractivity (Wildman–Crippen MR) is 86.5 cm³/mol. The van der Waals surface area contributed by atoms with Crippen LogP contribution in [0, 0.1) is 6.07 Å². The van der Waals surface area contributed by atoms with Gasteiger partial charge in [0.25, 0.3) is 7.05 Å². The summed E-state index contributed by atoms with van der Waals surface area (Å²) in [4.78, 5) is 18.8. The highest BCUT2D eigenvalue weighted by Gasteiger charge is 2.10. The normalized spacial score (nSPS) is 12.2. The monoisotopic (exact) mass is 296 g/mol. The van der Waals surface area contributed by atoms with E-state index in [9.17, 15) is 4.79 Å². The number of benzene rings is 1. The first-order valence-electron chi connectivity index (χ1n) is 6.91. The molecule has 1 aromatic carbocycles. The second-order valence-electron chi connectivity index (χ2n) is 4.49. The van der Waals surface area contributed by atoms with E-state index in [2.05, 4.69) is 21.2 Å². The first kappa shape index (κ1) is 15.4. The highest BCUT2D eigenvalue weighted by atomic mass is 16.5. The summed E-state index contributed by atoms with van der Waals surface area (Å²) in [6.07, 6.45) is 3.17. The molecule has 0 atom stereocenters. The van der Waals surface area contributed by atoms with Crippen molar-refractivity contribution in [3.05, 3.63) is 63.6 Å². The second-order valence-corrected chi connectivity index (χ2v) is 4.49. The van der Waals surface area contributed by atoms with E-state index in [4.69, 9.17) is 4.74 Å². The third kappa shape index (κ3) is 4.00. The van der Waals surface area contributed by atoms with E-state index < -0.39 is 6.09 Å². The first-order chi connectivity index (χ1) is 10.7. The average Bonchev–Trinajstić information content (AvgIpc) is 3.02. The van der Waals surface area contributed by atoms with Crippen molar-refractivity contribution in [2.24, 2.45) is 0 Å². The van der Waals surface area contributed by atoms with Gasteiger partial charge in [0.15, 0.2) is 5.70 Å². The molecule has 2 rings (SSSR count). The number of amides is 1. The van der Waals surface area contributed by atoms with E-state index in [1.165, 1.54) is 0 Å². The number of ether oxygens (including phenoxy) is 1. The smallest absolute Gasteiger partial charge is 0.412 e. The van der Waals surface area contributed by atoms with Crippen molar-refractivity contribution in [2.45, 2.75) is 13.5 Å². The molecule has 0 aliphatic rings. The molecule has 22 heavy (non-hydrogen) atoms. The lowest BCUT2D eigenvalue weighted by Crippen LogP contribution is -2.33. The molecular weight excluding hydrogens is 278 g/mol. The van der Waals surface area contributed by atoms with Gasteiger partial charge in [-0.2, -0.15) is 0 Å². The SMILES string of the molecule is C/C=c1/cc[nH]/c1=C(/C#[N+]C)NC(=O)OCc1ccccc1. The minimum absolute atomic E-state index is 0.209. The molecule has 0 saturated carbocycles. The fourth-order valence-corrected chi connectivity index (χ4v) is 1.96. The van der Waals surface area contributed by atoms with Crippen molar-refractivity contribution >= 4 is 17.9 Å². The van der Waals surface area contributed by atoms with Crippen molar-refractivity contribution in [3.63, 3.8) is 0 Å². The molecule has 0 aliphatic heterocycles. The van der Waals surface area contributed by atoms with Gasteiger partial charge in [0.05, 0.1) is 5.35 Å². The van der Waals surface area contributed by atoms with Crippen molar-refractivity contribution in [3.8, 4) is 6.07 Å². The molecule has 5 heteroatoms. The van der Waals surface area contributed by atoms with Crippen molar-refractivity contribution in [1.82, 2.24) is 10.3 Å². The molecule has 112 valence electrons. The summed E-state index contributed by atoms with van der Waals surface area (Å²) in [6, 6.07) is 14.2. The number of rotatable bonds is 3. The van der Waals surface area contributed by atoms with Gasteiger partial charge in [-0.05, 0) is 23.8 Å². The molecule has 1 aromatic heterocycles. The number of carbonyl (C=O) groups is 1. The highest BCUT2D eigenvalue weighted by molar-refractivity contribution is 5.80. The lowest BCUT2D eigenvalue weighted by atomic mass is 10.2. The van der Waals surface area contributed by atoms with E-state index in [-0.39, 0.29) is 6.61 Å². The Hall–Kier alpha value is -3.00. The van der Waals surface area contributed by atoms with Gasteiger partial charge in [-0.25, -0.2) is 4.79 Å². The van der Waals surface area contributed by atoms with Crippen LogP contribution in [-0.2, 0) is 11.3 Å². The van der Waals surface area contributed by atoms with Gasteiger partial charge in [0.2, 0.25) is 0 Å². The Bertz CT molecular complexity index is 811. The second kappa shape index (κ2) is 7.70. The summed E-state index contributed by atoms with van der Waals surface area (Å²) in [5, 5.41) is 4.36. The molecule has 2 N–H and O–H groups in total. The largest absolute Gasteiger partial charge is 0.444 e. The van der Waals surface area contributed by atoms with Crippen LogP contribution in [0.3, 0.4) is 0 Å². The van der Waals surface area contributed by atoms with Gasteiger partial charge in [0.1, 0.15) is 6.61 Å². The maximum Gasteiger partial charge on any atom is 0.412 e. The van der Waals surface area contributed by atoms with Gasteiger partial charge in [0, 0.05) is 6.20 Å². The van der Waals surface area contributed by atoms with Gasteiger partial charge in [-0.1, -0.05) is 41.3 Å². The lowest BCUT2D eigenvalue weighted by Gasteiger charge is -2.04. The van der Waals surface area contributed by atoms with Crippen LogP contribution in [0.5, 0.6) is 0 Å². The molecule has 1 amide bonds. The van der Waals surface area contributed by atoms with Gasteiger partial charge in [-0.15, -0.1) is 0 Å². The Kier molecular flexibility index (Phi) is 5.38. The molecular formula is C17H18N3O2+. The number of H-pyrrole nitrogens is 1. The molecule has 1 heterocycles. The van der Waals surface area contributed by atoms with Crippen LogP contribution in [0.2, 0.25) is 0 Å². The molecule has 0 radical (unpaired) electrons. The number of nitrogens with one attached hydrogen (secondary N) is 2. The van der Waals surface area contributed by atoms with E-state index in [1.807, 2.05) is 49.4 Å². The fraction of sp³-hybridized carbons (Fsp3) is 0.176. The molecule has 0 aliphatic carbocycles. The number of carbonyl (C=O) groups excluding carboxylic acids is 1. The van der Waals surface area contributed by atoms with Gasteiger partial charge in [-0.3, -0.25) is 5.32 Å². The summed E-state index contributed by atoms with van der Waals surface area (Å²) in [5.41, 5.74) is 1.37. The van der Waals surface area contributed by atoms with Crippen molar-refractivity contribution in [2.75, 3.05) is 7.05 Å². The molecule has 5 nitrogen and oxygen atoms in total. The highest BCUT2D eigenvalue weighted by Crippen LogP contribution is 2.00. The zero-order valence-electron chi connectivity index (χ0n) is 12.6. The minimum atomic E-state index is -0.549. The van der Waals surface area contributed by atoms with Crippen LogP contribution in [0.25, 0.3) is 16.6 Å². The Morgan fingerprint density at radius 2 is 2.14 bits per heavy atom. The average molecular weight is 296 g/mol. The van der Waals surface area contributed by atoms with E-state index in [1.54, 1.807) is 13.2 Å². The molecule has 0 bridgehead atoms. The third-order valence-corrected chi connectivity index (χ3v) is 3.00. The summed E-state index contributed by atoms with van der Waals surface area (Å²) in [6.45, 7) is 2.13. The molecule has 0 spiro atoms. The predicted octanol–water partition coefficient (Wildman–Crippen LogP) is 1.81. The number of aromatic nitrogens is 1. The van der Waals surface area contributed by atoms with Crippen LogP contribution in [0.1, 0.15) is 12.5 Å². The number of hydrogen-bond acceptors (Lipinski definition) is 2. The van der Waals surface area contributed by atoms with Crippen LogP contribution in [0.4, 0.5) is 4.79 Å². The van der Waals surface area contributed by atoms with Crippen molar-refractivity contribution in [1.29, 1.82) is 0 Å². The zero-order chi connectivity index (χ0) is 15.8. The number of nitrogens with zero attached hydrogens (tertiary/aromatic N) is 1. The van der Waals surface area contributed by atoms with E-state index in [0.717, 1.165) is 16.1 Å². The molecule has 0 saturated heterocycles. The van der Waals surface area contributed by atoms with E-state index >= 15 is 0 Å². The fourth-order valence-electron chi connectivity index (χ4n) is 1.96. The Morgan fingerprint density at radius 1 is 1.36 bits per heavy atom. The van der Waals surface area contributed by atoms with Gasteiger partial charge >= 0.3 is 12.2 Å². The summed E-state index contributed by atoms with van der Waals surface area (Å²) < 4.78 is 5.20. The standard InChI is InChI=1S/C17H17N3O2/c1-3-14-9-10-19-16(14)15(11-18-2)20-17(21)22-12-13-7-5-4-6-8-13/h3-10H,12H2,1-2H3,(H,20,21)/p+1/b14-3-. The summed E-state index contributed by atoms with van der Waals surface area (Å²) >= 11 is 0. The minimum Gasteiger partial charge on any atom is -0.444 e. The topological polar surface area (TPSA) is 58.5 Å². The molecule has 0 unspecified atom stereocenters. The summed E-state index contributed by atoms with van der Waals surface area (Å²) in [7, 11) is 1.59. The molecule has 0 fully saturated rings. The Balaban J connectivity index is 2.14. The zero-order valence-corrected chi connectivity index (χ0v) is 12.6. The van der Waals surface area contributed by atoms with Crippen LogP contribution >= 0.6 is 0 Å². The van der Waals surface area contributed by atoms with Gasteiger partial charge < -0.3 is 9.72 Å². The number of alkyl carbamates (subject to hydrolysis) is 1. The first-order valence-corrected chi connectivity index (χ1v) is 6.91. The molecule has 2 aromatic rings.